The number of aliphatic hydroxyl groups excluding tert-OH is 1. The molecule has 0 spiro atoms. The molecule has 0 fully saturated rings. The SMILES string of the molecule is CC(C)n1nccc1C(=O)NCC(O)c1ccc(Cl)cc1. The van der Waals surface area contributed by atoms with Crippen molar-refractivity contribution in [3.8, 4) is 0 Å². The lowest BCUT2D eigenvalue weighted by molar-refractivity contribution is 0.0904. The van der Waals surface area contributed by atoms with Gasteiger partial charge in [-0.1, -0.05) is 23.7 Å². The predicted octanol–water partition coefficient (Wildman–Crippen LogP) is 2.58. The number of halogens is 1. The highest BCUT2D eigenvalue weighted by Crippen LogP contribution is 2.16. The fourth-order valence-electron chi connectivity index (χ4n) is 1.99. The Kier molecular flexibility index (Phi) is 4.98. The molecule has 1 aromatic carbocycles. The molecule has 0 aliphatic carbocycles. The number of amides is 1. The van der Waals surface area contributed by atoms with Gasteiger partial charge in [0.2, 0.25) is 0 Å². The van der Waals surface area contributed by atoms with E-state index in [1.807, 2.05) is 13.8 Å². The Morgan fingerprint density at radius 2 is 2.00 bits per heavy atom. The molecule has 6 heteroatoms. The smallest absolute Gasteiger partial charge is 0.269 e. The first kappa shape index (κ1) is 15.5. The number of aliphatic hydroxyl groups is 1. The summed E-state index contributed by atoms with van der Waals surface area (Å²) in [7, 11) is 0. The third kappa shape index (κ3) is 3.83. The van der Waals surface area contributed by atoms with Gasteiger partial charge in [-0.3, -0.25) is 9.48 Å². The van der Waals surface area contributed by atoms with Gasteiger partial charge in [0.1, 0.15) is 5.69 Å². The lowest BCUT2D eigenvalue weighted by atomic mass is 10.1. The van der Waals surface area contributed by atoms with Crippen LogP contribution in [0, 0.1) is 0 Å². The van der Waals surface area contributed by atoms with Crippen molar-refractivity contribution in [3.05, 3.63) is 52.8 Å². The van der Waals surface area contributed by atoms with Gasteiger partial charge in [-0.25, -0.2) is 0 Å². The molecular weight excluding hydrogens is 290 g/mol. The minimum absolute atomic E-state index is 0.0990. The van der Waals surface area contributed by atoms with Crippen LogP contribution < -0.4 is 5.32 Å². The molecule has 1 aromatic heterocycles. The number of hydrogen-bond donors (Lipinski definition) is 2. The fourth-order valence-corrected chi connectivity index (χ4v) is 2.11. The van der Waals surface area contributed by atoms with Crippen LogP contribution in [0.2, 0.25) is 5.02 Å². The van der Waals surface area contributed by atoms with E-state index >= 15 is 0 Å². The highest BCUT2D eigenvalue weighted by molar-refractivity contribution is 6.30. The van der Waals surface area contributed by atoms with E-state index in [1.54, 1.807) is 41.2 Å². The van der Waals surface area contributed by atoms with Gasteiger partial charge in [-0.2, -0.15) is 5.10 Å². The van der Waals surface area contributed by atoms with Gasteiger partial charge >= 0.3 is 0 Å². The fraction of sp³-hybridized carbons (Fsp3) is 0.333. The third-order valence-corrected chi connectivity index (χ3v) is 3.35. The summed E-state index contributed by atoms with van der Waals surface area (Å²) in [5.41, 5.74) is 1.19. The Labute approximate surface area is 128 Å². The summed E-state index contributed by atoms with van der Waals surface area (Å²) in [6.07, 6.45) is 0.812. The molecule has 2 rings (SSSR count). The standard InChI is InChI=1S/C15H18ClN3O2/c1-10(2)19-13(7-8-18-19)15(21)17-9-14(20)11-3-5-12(16)6-4-11/h3-8,10,14,20H,9H2,1-2H3,(H,17,21). The zero-order valence-corrected chi connectivity index (χ0v) is 12.7. The van der Waals surface area contributed by atoms with Gasteiger partial charge < -0.3 is 10.4 Å². The van der Waals surface area contributed by atoms with Gasteiger partial charge in [0, 0.05) is 23.8 Å². The van der Waals surface area contributed by atoms with E-state index in [2.05, 4.69) is 10.4 Å². The van der Waals surface area contributed by atoms with Gasteiger partial charge in [-0.05, 0) is 37.6 Å². The summed E-state index contributed by atoms with van der Waals surface area (Å²) in [5, 5.41) is 17.5. The minimum atomic E-state index is -0.776. The Morgan fingerprint density at radius 1 is 1.33 bits per heavy atom. The average Bonchev–Trinajstić information content (AvgIpc) is 2.95. The number of hydrogen-bond acceptors (Lipinski definition) is 3. The molecule has 1 heterocycles. The predicted molar refractivity (Wildman–Crippen MR) is 81.4 cm³/mol. The quantitative estimate of drug-likeness (QED) is 0.892. The maximum atomic E-state index is 12.1. The van der Waals surface area contributed by atoms with E-state index in [4.69, 9.17) is 11.6 Å². The molecular formula is C15H18ClN3O2. The van der Waals surface area contributed by atoms with E-state index in [-0.39, 0.29) is 18.5 Å². The van der Waals surface area contributed by atoms with Gasteiger partial charge in [-0.15, -0.1) is 0 Å². The van der Waals surface area contributed by atoms with Crippen molar-refractivity contribution in [1.82, 2.24) is 15.1 Å². The number of rotatable bonds is 5. The molecule has 1 atom stereocenters. The van der Waals surface area contributed by atoms with Crippen molar-refractivity contribution in [2.45, 2.75) is 26.0 Å². The molecule has 2 aromatic rings. The van der Waals surface area contributed by atoms with Crippen LogP contribution in [-0.2, 0) is 0 Å². The molecule has 112 valence electrons. The Hall–Kier alpha value is -1.85. The molecule has 0 radical (unpaired) electrons. The van der Waals surface area contributed by atoms with E-state index in [0.29, 0.717) is 16.3 Å². The molecule has 2 N–H and O–H groups in total. The lowest BCUT2D eigenvalue weighted by Crippen LogP contribution is -2.30. The highest BCUT2D eigenvalue weighted by atomic mass is 35.5. The minimum Gasteiger partial charge on any atom is -0.387 e. The number of nitrogens with zero attached hydrogens (tertiary/aromatic N) is 2. The first-order chi connectivity index (χ1) is 9.99. The van der Waals surface area contributed by atoms with Crippen LogP contribution in [0.4, 0.5) is 0 Å². The monoisotopic (exact) mass is 307 g/mol. The third-order valence-electron chi connectivity index (χ3n) is 3.10. The van der Waals surface area contributed by atoms with E-state index in [9.17, 15) is 9.90 Å². The Bertz CT molecular complexity index is 608. The second kappa shape index (κ2) is 6.74. The summed E-state index contributed by atoms with van der Waals surface area (Å²) in [6, 6.07) is 8.63. The Morgan fingerprint density at radius 3 is 2.62 bits per heavy atom. The summed E-state index contributed by atoms with van der Waals surface area (Å²) >= 11 is 5.80. The molecule has 0 saturated heterocycles. The van der Waals surface area contributed by atoms with Gasteiger partial charge in [0.05, 0.1) is 6.10 Å². The summed E-state index contributed by atoms with van der Waals surface area (Å²) in [5.74, 6) is -0.255. The molecule has 0 aliphatic rings. The van der Waals surface area contributed by atoms with Gasteiger partial charge in [0.15, 0.2) is 0 Å². The topological polar surface area (TPSA) is 67.2 Å². The van der Waals surface area contributed by atoms with Crippen LogP contribution in [0.15, 0.2) is 36.5 Å². The van der Waals surface area contributed by atoms with E-state index in [1.165, 1.54) is 0 Å². The zero-order chi connectivity index (χ0) is 15.4. The van der Waals surface area contributed by atoms with Crippen LogP contribution >= 0.6 is 11.6 Å². The van der Waals surface area contributed by atoms with Crippen molar-refractivity contribution in [2.24, 2.45) is 0 Å². The molecule has 5 nitrogen and oxygen atoms in total. The number of carbonyl (C=O) groups is 1. The summed E-state index contributed by atoms with van der Waals surface area (Å²) < 4.78 is 1.64. The molecule has 0 aliphatic heterocycles. The van der Waals surface area contributed by atoms with Crippen molar-refractivity contribution < 1.29 is 9.90 Å². The highest BCUT2D eigenvalue weighted by Gasteiger charge is 2.15. The van der Waals surface area contributed by atoms with Crippen molar-refractivity contribution in [2.75, 3.05) is 6.54 Å². The number of benzene rings is 1. The second-order valence-corrected chi connectivity index (χ2v) is 5.47. The maximum absolute atomic E-state index is 12.1. The zero-order valence-electron chi connectivity index (χ0n) is 12.0. The normalized spacial score (nSPS) is 12.4. The van der Waals surface area contributed by atoms with Gasteiger partial charge in [0.25, 0.3) is 5.91 Å². The van der Waals surface area contributed by atoms with Crippen molar-refractivity contribution in [3.63, 3.8) is 0 Å². The molecule has 1 amide bonds. The van der Waals surface area contributed by atoms with Crippen LogP contribution in [0.1, 0.15) is 42.0 Å². The maximum Gasteiger partial charge on any atom is 0.269 e. The number of carbonyl (C=O) groups excluding carboxylic acids is 1. The number of aromatic nitrogens is 2. The lowest BCUT2D eigenvalue weighted by Gasteiger charge is -2.14. The number of nitrogens with one attached hydrogen (secondary N) is 1. The van der Waals surface area contributed by atoms with E-state index in [0.717, 1.165) is 0 Å². The van der Waals surface area contributed by atoms with Crippen LogP contribution in [-0.4, -0.2) is 27.3 Å². The Balaban J connectivity index is 1.97. The summed E-state index contributed by atoms with van der Waals surface area (Å²) in [4.78, 5) is 12.1. The van der Waals surface area contributed by atoms with Crippen molar-refractivity contribution in [1.29, 1.82) is 0 Å². The summed E-state index contributed by atoms with van der Waals surface area (Å²) in [6.45, 7) is 4.03. The first-order valence-corrected chi connectivity index (χ1v) is 7.12. The molecule has 0 bridgehead atoms. The van der Waals surface area contributed by atoms with Crippen LogP contribution in [0.3, 0.4) is 0 Å². The molecule has 1 unspecified atom stereocenters. The van der Waals surface area contributed by atoms with Crippen LogP contribution in [0.25, 0.3) is 0 Å². The molecule has 0 saturated carbocycles. The molecule has 21 heavy (non-hydrogen) atoms. The van der Waals surface area contributed by atoms with Crippen molar-refractivity contribution >= 4 is 17.5 Å². The largest absolute Gasteiger partial charge is 0.387 e. The first-order valence-electron chi connectivity index (χ1n) is 6.74. The van der Waals surface area contributed by atoms with Crippen LogP contribution in [0.5, 0.6) is 0 Å². The van der Waals surface area contributed by atoms with E-state index < -0.39 is 6.10 Å². The second-order valence-electron chi connectivity index (χ2n) is 5.03. The average molecular weight is 308 g/mol.